The first-order valence-corrected chi connectivity index (χ1v) is 9.47. The molecule has 1 unspecified atom stereocenters. The average molecular weight is 378 g/mol. The summed E-state index contributed by atoms with van der Waals surface area (Å²) in [5.74, 6) is 0.214. The largest absolute Gasteiger partial charge is 0.496 e. The van der Waals surface area contributed by atoms with Crippen LogP contribution in [0.15, 0.2) is 89.1 Å². The van der Waals surface area contributed by atoms with Crippen LogP contribution in [0.25, 0.3) is 16.9 Å². The Morgan fingerprint density at radius 3 is 1.90 bits per heavy atom. The van der Waals surface area contributed by atoms with Gasteiger partial charge in [-0.2, -0.15) is 5.10 Å². The lowest BCUT2D eigenvalue weighted by atomic mass is 9.85. The molecule has 3 aromatic rings. The molecule has 1 atom stereocenters. The van der Waals surface area contributed by atoms with Crippen LogP contribution in [-0.2, 0) is 9.53 Å². The third-order valence-corrected chi connectivity index (χ3v) is 5.43. The number of hydrogen-bond donors (Lipinski definition) is 0. The van der Waals surface area contributed by atoms with E-state index >= 15 is 0 Å². The highest BCUT2D eigenvalue weighted by Crippen LogP contribution is 2.37. The van der Waals surface area contributed by atoms with Gasteiger partial charge < -0.3 is 9.53 Å². The summed E-state index contributed by atoms with van der Waals surface area (Å²) in [6.45, 7) is 0. The van der Waals surface area contributed by atoms with E-state index in [-0.39, 0.29) is 0 Å². The van der Waals surface area contributed by atoms with Crippen LogP contribution in [0.2, 0.25) is 0 Å². The highest BCUT2D eigenvalue weighted by atomic mass is 16.5. The van der Waals surface area contributed by atoms with Crippen LogP contribution in [0.1, 0.15) is 28.2 Å². The van der Waals surface area contributed by atoms with E-state index in [1.807, 2.05) is 48.5 Å². The summed E-state index contributed by atoms with van der Waals surface area (Å²) in [6.07, 6.45) is 2.72. The fraction of sp³-hybridized carbons (Fsp3) is 0.0800. The van der Waals surface area contributed by atoms with Crippen LogP contribution in [-0.4, -0.2) is 24.8 Å². The van der Waals surface area contributed by atoms with Gasteiger partial charge in [0.2, 0.25) is 0 Å². The number of hydrogen-bond acceptors (Lipinski definition) is 4. The van der Waals surface area contributed by atoms with Gasteiger partial charge in [-0.3, -0.25) is 0 Å². The molecule has 4 nitrogen and oxygen atoms in total. The fourth-order valence-electron chi connectivity index (χ4n) is 4.07. The number of carbonyl (C=O) groups excluding carboxylic acids is 1. The summed E-state index contributed by atoms with van der Waals surface area (Å²) in [5.41, 5.74) is 7.58. The van der Waals surface area contributed by atoms with Gasteiger partial charge in [-0.05, 0) is 16.7 Å². The first kappa shape index (κ1) is 17.3. The van der Waals surface area contributed by atoms with E-state index in [4.69, 9.17) is 4.74 Å². The van der Waals surface area contributed by atoms with Crippen molar-refractivity contribution >= 4 is 23.5 Å². The average Bonchev–Trinajstić information content (AvgIpc) is 3.10. The Balaban J connectivity index is 1.66. The van der Waals surface area contributed by atoms with Crippen LogP contribution in [0, 0.1) is 0 Å². The molecule has 2 aliphatic rings. The Morgan fingerprint density at radius 2 is 1.31 bits per heavy atom. The van der Waals surface area contributed by atoms with Crippen molar-refractivity contribution in [3.63, 3.8) is 0 Å². The second kappa shape index (κ2) is 6.99. The molecule has 0 heterocycles. The molecular weight excluding hydrogens is 360 g/mol. The SMILES string of the molecule is COC1=CC(=NN=C2c3ccccc3-c3ccccc32)C(C=O)c2ccccc21. The maximum atomic E-state index is 11.9. The molecule has 0 fully saturated rings. The van der Waals surface area contributed by atoms with Crippen LogP contribution < -0.4 is 0 Å². The van der Waals surface area contributed by atoms with E-state index < -0.39 is 5.92 Å². The highest BCUT2D eigenvalue weighted by molar-refractivity contribution is 6.24. The summed E-state index contributed by atoms with van der Waals surface area (Å²) in [7, 11) is 1.62. The molecule has 3 aromatic carbocycles. The molecule has 5 rings (SSSR count). The number of carbonyl (C=O) groups is 1. The number of aldehydes is 1. The van der Waals surface area contributed by atoms with Crippen molar-refractivity contribution in [1.29, 1.82) is 0 Å². The van der Waals surface area contributed by atoms with Gasteiger partial charge in [-0.25, -0.2) is 0 Å². The minimum atomic E-state index is -0.471. The quantitative estimate of drug-likeness (QED) is 0.378. The number of fused-ring (bicyclic) bond motifs is 4. The van der Waals surface area contributed by atoms with Crippen molar-refractivity contribution < 1.29 is 9.53 Å². The third-order valence-electron chi connectivity index (χ3n) is 5.43. The van der Waals surface area contributed by atoms with Crippen molar-refractivity contribution in [3.05, 3.63) is 101 Å². The third kappa shape index (κ3) is 2.72. The Labute approximate surface area is 168 Å². The van der Waals surface area contributed by atoms with Crippen molar-refractivity contribution in [2.45, 2.75) is 5.92 Å². The standard InChI is InChI=1S/C25H18N2O2/c1-29-24-14-23(22(15-28)18-10-2-5-11-19(18)24)26-27-25-20-12-6-3-8-16(20)17-9-4-7-13-21(17)25/h2-15,22H,1H3. The minimum absolute atomic E-state index is 0.471. The predicted octanol–water partition coefficient (Wildman–Crippen LogP) is 4.84. The topological polar surface area (TPSA) is 51.0 Å². The fourth-order valence-corrected chi connectivity index (χ4v) is 4.07. The molecule has 29 heavy (non-hydrogen) atoms. The Morgan fingerprint density at radius 1 is 0.759 bits per heavy atom. The van der Waals surface area contributed by atoms with Crippen LogP contribution in [0.5, 0.6) is 0 Å². The van der Waals surface area contributed by atoms with E-state index in [0.29, 0.717) is 11.5 Å². The van der Waals surface area contributed by atoms with Gasteiger partial charge in [0.1, 0.15) is 17.8 Å². The van der Waals surface area contributed by atoms with Crippen molar-refractivity contribution in [2.75, 3.05) is 7.11 Å². The zero-order valence-corrected chi connectivity index (χ0v) is 15.9. The van der Waals surface area contributed by atoms with Gasteiger partial charge in [0, 0.05) is 22.8 Å². The molecule has 0 bridgehead atoms. The van der Waals surface area contributed by atoms with E-state index in [9.17, 15) is 4.79 Å². The van der Waals surface area contributed by atoms with Crippen molar-refractivity contribution in [2.24, 2.45) is 10.2 Å². The zero-order valence-electron chi connectivity index (χ0n) is 15.9. The van der Waals surface area contributed by atoms with Gasteiger partial charge in [0.15, 0.2) is 0 Å². The summed E-state index contributed by atoms with van der Waals surface area (Å²) < 4.78 is 5.54. The number of methoxy groups -OCH3 is 1. The zero-order chi connectivity index (χ0) is 19.8. The maximum absolute atomic E-state index is 11.9. The van der Waals surface area contributed by atoms with E-state index in [0.717, 1.165) is 45.4 Å². The Hall–Kier alpha value is -3.79. The van der Waals surface area contributed by atoms with Gasteiger partial charge in [0.05, 0.1) is 18.7 Å². The smallest absolute Gasteiger partial charge is 0.133 e. The number of allylic oxidation sites excluding steroid dienone is 1. The molecule has 0 amide bonds. The molecule has 0 aliphatic heterocycles. The summed E-state index contributed by atoms with van der Waals surface area (Å²) in [4.78, 5) is 11.9. The van der Waals surface area contributed by atoms with E-state index in [2.05, 4.69) is 34.5 Å². The number of benzene rings is 3. The van der Waals surface area contributed by atoms with Gasteiger partial charge in [-0.15, -0.1) is 5.10 Å². The highest BCUT2D eigenvalue weighted by Gasteiger charge is 2.28. The molecule has 140 valence electrons. The lowest BCUT2D eigenvalue weighted by Crippen LogP contribution is -2.19. The van der Waals surface area contributed by atoms with Crippen LogP contribution >= 0.6 is 0 Å². The lowest BCUT2D eigenvalue weighted by Gasteiger charge is -2.22. The molecule has 0 aromatic heterocycles. The number of nitrogens with zero attached hydrogens (tertiary/aromatic N) is 2. The lowest BCUT2D eigenvalue weighted by molar-refractivity contribution is -0.107. The maximum Gasteiger partial charge on any atom is 0.133 e. The van der Waals surface area contributed by atoms with Crippen LogP contribution in [0.3, 0.4) is 0 Å². The second-order valence-corrected chi connectivity index (χ2v) is 6.98. The second-order valence-electron chi connectivity index (χ2n) is 6.98. The first-order chi connectivity index (χ1) is 14.3. The van der Waals surface area contributed by atoms with Crippen molar-refractivity contribution in [3.8, 4) is 11.1 Å². The summed E-state index contributed by atoms with van der Waals surface area (Å²) in [6, 6.07) is 24.1. The Kier molecular flexibility index (Phi) is 4.17. The van der Waals surface area contributed by atoms with E-state index in [1.54, 1.807) is 13.2 Å². The molecule has 0 N–H and O–H groups in total. The molecule has 4 heteroatoms. The van der Waals surface area contributed by atoms with Crippen molar-refractivity contribution in [1.82, 2.24) is 0 Å². The van der Waals surface area contributed by atoms with Crippen LogP contribution in [0.4, 0.5) is 0 Å². The number of ether oxygens (including phenoxy) is 1. The van der Waals surface area contributed by atoms with E-state index in [1.165, 1.54) is 0 Å². The molecule has 2 aliphatic carbocycles. The minimum Gasteiger partial charge on any atom is -0.496 e. The van der Waals surface area contributed by atoms with Gasteiger partial charge in [-0.1, -0.05) is 72.8 Å². The predicted molar refractivity (Wildman–Crippen MR) is 115 cm³/mol. The molecule has 0 radical (unpaired) electrons. The summed E-state index contributed by atoms with van der Waals surface area (Å²) in [5, 5.41) is 9.14. The number of rotatable bonds is 3. The molecule has 0 spiro atoms. The van der Waals surface area contributed by atoms with Gasteiger partial charge in [0.25, 0.3) is 0 Å². The molecule has 0 saturated carbocycles. The first-order valence-electron chi connectivity index (χ1n) is 9.47. The normalized spacial score (nSPS) is 17.8. The molecule has 0 saturated heterocycles. The van der Waals surface area contributed by atoms with Gasteiger partial charge >= 0.3 is 0 Å². The molecular formula is C25H18N2O2. The Bertz CT molecular complexity index is 1170. The summed E-state index contributed by atoms with van der Waals surface area (Å²) >= 11 is 0. The monoisotopic (exact) mass is 378 g/mol.